The van der Waals surface area contributed by atoms with Gasteiger partial charge in [-0.05, 0) is 13.3 Å². The number of carbonyl (C=O) groups excluding carboxylic acids is 2. The lowest BCUT2D eigenvalue weighted by Gasteiger charge is -2.35. The van der Waals surface area contributed by atoms with Gasteiger partial charge in [0.25, 0.3) is 0 Å². The first kappa shape index (κ1) is 12.6. The summed E-state index contributed by atoms with van der Waals surface area (Å²) in [6, 6.07) is -1.35. The minimum absolute atomic E-state index is 0.0378. The molecule has 0 aromatic carbocycles. The van der Waals surface area contributed by atoms with Crippen molar-refractivity contribution in [2.75, 3.05) is 6.54 Å². The molecule has 0 saturated carbocycles. The van der Waals surface area contributed by atoms with Crippen LogP contribution < -0.4 is 5.32 Å². The summed E-state index contributed by atoms with van der Waals surface area (Å²) in [6.07, 6.45) is 1.12. The molecule has 16 heavy (non-hydrogen) atoms. The van der Waals surface area contributed by atoms with Gasteiger partial charge in [-0.1, -0.05) is 13.3 Å². The Balaban J connectivity index is 2.85. The number of carboxylic acids is 1. The summed E-state index contributed by atoms with van der Waals surface area (Å²) < 4.78 is 0. The molecule has 0 radical (unpaired) electrons. The predicted octanol–water partition coefficient (Wildman–Crippen LogP) is -0.413. The fraction of sp³-hybridized carbons (Fsp3) is 0.700. The highest BCUT2D eigenvalue weighted by Crippen LogP contribution is 2.14. The fourth-order valence-electron chi connectivity index (χ4n) is 1.82. The molecule has 1 saturated heterocycles. The Labute approximate surface area is 93.6 Å². The number of aliphatic carboxylic acids is 1. The molecule has 2 N–H and O–H groups in total. The van der Waals surface area contributed by atoms with Crippen molar-refractivity contribution in [2.24, 2.45) is 0 Å². The molecule has 0 bridgehead atoms. The van der Waals surface area contributed by atoms with Crippen molar-refractivity contribution < 1.29 is 19.5 Å². The topological polar surface area (TPSA) is 86.7 Å². The first-order valence-electron chi connectivity index (χ1n) is 5.29. The third-order valence-corrected chi connectivity index (χ3v) is 2.71. The zero-order valence-electron chi connectivity index (χ0n) is 9.40. The Bertz CT molecular complexity index is 316. The molecule has 2 atom stereocenters. The van der Waals surface area contributed by atoms with Gasteiger partial charge in [0, 0.05) is 0 Å². The molecule has 1 rings (SSSR count). The zero-order valence-corrected chi connectivity index (χ0v) is 9.40. The summed E-state index contributed by atoms with van der Waals surface area (Å²) in [5.74, 6) is -1.86. The molecule has 1 aliphatic heterocycles. The monoisotopic (exact) mass is 228 g/mol. The number of nitrogens with zero attached hydrogens (tertiary/aromatic N) is 1. The van der Waals surface area contributed by atoms with E-state index in [1.807, 2.05) is 6.92 Å². The summed E-state index contributed by atoms with van der Waals surface area (Å²) in [6.45, 7) is 3.43. The summed E-state index contributed by atoms with van der Waals surface area (Å²) in [5, 5.41) is 11.2. The van der Waals surface area contributed by atoms with Crippen LogP contribution in [0.5, 0.6) is 0 Å². The van der Waals surface area contributed by atoms with Crippen LogP contribution in [-0.2, 0) is 14.4 Å². The van der Waals surface area contributed by atoms with Gasteiger partial charge in [0.1, 0.15) is 6.04 Å². The molecule has 1 aliphatic rings. The predicted molar refractivity (Wildman–Crippen MR) is 55.6 cm³/mol. The number of rotatable bonds is 4. The smallest absolute Gasteiger partial charge is 0.320 e. The minimum atomic E-state index is -0.990. The molecule has 2 amide bonds. The van der Waals surface area contributed by atoms with Crippen molar-refractivity contribution in [1.82, 2.24) is 10.2 Å². The Morgan fingerprint density at radius 2 is 2.25 bits per heavy atom. The highest BCUT2D eigenvalue weighted by molar-refractivity contribution is 6.01. The van der Waals surface area contributed by atoms with E-state index < -0.39 is 29.9 Å². The fourth-order valence-corrected chi connectivity index (χ4v) is 1.82. The van der Waals surface area contributed by atoms with Gasteiger partial charge in [-0.3, -0.25) is 24.6 Å². The standard InChI is InChI=1S/C10H16N2O4/c1-3-4-7(10(15)16)12-5-8(13)11-9(14)6(12)2/h6-7H,3-5H2,1-2H3,(H,15,16)(H,11,13,14). The number of piperazine rings is 1. The van der Waals surface area contributed by atoms with Crippen molar-refractivity contribution in [3.63, 3.8) is 0 Å². The molecule has 1 fully saturated rings. The van der Waals surface area contributed by atoms with Gasteiger partial charge in [-0.15, -0.1) is 0 Å². The lowest BCUT2D eigenvalue weighted by molar-refractivity contribution is -0.150. The molecule has 6 nitrogen and oxygen atoms in total. The molecular formula is C10H16N2O4. The van der Waals surface area contributed by atoms with E-state index in [0.29, 0.717) is 12.8 Å². The quantitative estimate of drug-likeness (QED) is 0.638. The van der Waals surface area contributed by atoms with E-state index >= 15 is 0 Å². The third kappa shape index (κ3) is 2.57. The Hall–Kier alpha value is -1.43. The highest BCUT2D eigenvalue weighted by Gasteiger charge is 2.37. The van der Waals surface area contributed by atoms with Gasteiger partial charge >= 0.3 is 5.97 Å². The molecule has 1 heterocycles. The van der Waals surface area contributed by atoms with Crippen LogP contribution in [0.25, 0.3) is 0 Å². The number of amides is 2. The van der Waals surface area contributed by atoms with E-state index in [2.05, 4.69) is 5.32 Å². The molecule has 0 aromatic rings. The second-order valence-corrected chi connectivity index (χ2v) is 3.90. The van der Waals surface area contributed by atoms with Crippen LogP contribution in [0.3, 0.4) is 0 Å². The molecule has 0 aliphatic carbocycles. The molecular weight excluding hydrogens is 212 g/mol. The van der Waals surface area contributed by atoms with Crippen molar-refractivity contribution in [2.45, 2.75) is 38.8 Å². The first-order valence-corrected chi connectivity index (χ1v) is 5.29. The van der Waals surface area contributed by atoms with E-state index in [1.165, 1.54) is 4.90 Å². The van der Waals surface area contributed by atoms with E-state index in [-0.39, 0.29) is 6.54 Å². The second kappa shape index (κ2) is 5.07. The number of hydrogen-bond acceptors (Lipinski definition) is 4. The summed E-state index contributed by atoms with van der Waals surface area (Å²) in [7, 11) is 0. The van der Waals surface area contributed by atoms with Crippen molar-refractivity contribution >= 4 is 17.8 Å². The molecule has 90 valence electrons. The number of nitrogens with one attached hydrogen (secondary N) is 1. The van der Waals surface area contributed by atoms with Gasteiger partial charge in [-0.2, -0.15) is 0 Å². The first-order chi connectivity index (χ1) is 7.47. The van der Waals surface area contributed by atoms with Crippen LogP contribution in [0.2, 0.25) is 0 Å². The van der Waals surface area contributed by atoms with Crippen LogP contribution in [0.15, 0.2) is 0 Å². The molecule has 2 unspecified atom stereocenters. The van der Waals surface area contributed by atoms with Gasteiger partial charge < -0.3 is 5.11 Å². The normalized spacial score (nSPS) is 24.0. The number of carboxylic acid groups (broad SMARTS) is 1. The van der Waals surface area contributed by atoms with Gasteiger partial charge in [0.05, 0.1) is 12.6 Å². The maximum absolute atomic E-state index is 11.4. The van der Waals surface area contributed by atoms with Crippen LogP contribution in [0, 0.1) is 0 Å². The SMILES string of the molecule is CCCC(C(=O)O)N1CC(=O)NC(=O)C1C. The van der Waals surface area contributed by atoms with Crippen LogP contribution in [-0.4, -0.2) is 46.4 Å². The Morgan fingerprint density at radius 3 is 2.75 bits per heavy atom. The van der Waals surface area contributed by atoms with E-state index in [4.69, 9.17) is 5.11 Å². The number of imide groups is 1. The largest absolute Gasteiger partial charge is 0.480 e. The third-order valence-electron chi connectivity index (χ3n) is 2.71. The van der Waals surface area contributed by atoms with E-state index in [1.54, 1.807) is 6.92 Å². The number of hydrogen-bond donors (Lipinski definition) is 2. The van der Waals surface area contributed by atoms with Crippen molar-refractivity contribution in [3.8, 4) is 0 Å². The second-order valence-electron chi connectivity index (χ2n) is 3.90. The van der Waals surface area contributed by atoms with Crippen LogP contribution >= 0.6 is 0 Å². The van der Waals surface area contributed by atoms with Crippen molar-refractivity contribution in [1.29, 1.82) is 0 Å². The summed E-state index contributed by atoms with van der Waals surface area (Å²) >= 11 is 0. The Kier molecular flexibility index (Phi) is 4.00. The maximum atomic E-state index is 11.4. The van der Waals surface area contributed by atoms with Crippen LogP contribution in [0.1, 0.15) is 26.7 Å². The van der Waals surface area contributed by atoms with Gasteiger partial charge in [0.2, 0.25) is 11.8 Å². The lowest BCUT2D eigenvalue weighted by atomic mass is 10.1. The highest BCUT2D eigenvalue weighted by atomic mass is 16.4. The van der Waals surface area contributed by atoms with E-state index in [0.717, 1.165) is 0 Å². The minimum Gasteiger partial charge on any atom is -0.480 e. The molecule has 0 aromatic heterocycles. The summed E-state index contributed by atoms with van der Waals surface area (Å²) in [5.41, 5.74) is 0. The van der Waals surface area contributed by atoms with Gasteiger partial charge in [-0.25, -0.2) is 0 Å². The maximum Gasteiger partial charge on any atom is 0.320 e. The average Bonchev–Trinajstić information content (AvgIpc) is 2.20. The lowest BCUT2D eigenvalue weighted by Crippen LogP contribution is -2.61. The molecule has 6 heteroatoms. The number of carbonyl (C=O) groups is 3. The van der Waals surface area contributed by atoms with E-state index in [9.17, 15) is 14.4 Å². The van der Waals surface area contributed by atoms with Crippen LogP contribution in [0.4, 0.5) is 0 Å². The Morgan fingerprint density at radius 1 is 1.62 bits per heavy atom. The summed E-state index contributed by atoms with van der Waals surface area (Å²) in [4.78, 5) is 35.1. The van der Waals surface area contributed by atoms with Crippen molar-refractivity contribution in [3.05, 3.63) is 0 Å². The zero-order chi connectivity index (χ0) is 12.3. The molecule has 0 spiro atoms. The average molecular weight is 228 g/mol. The van der Waals surface area contributed by atoms with Gasteiger partial charge in [0.15, 0.2) is 0 Å².